The van der Waals surface area contributed by atoms with Gasteiger partial charge >= 0.3 is 0 Å². The van der Waals surface area contributed by atoms with Crippen molar-refractivity contribution in [2.24, 2.45) is 12.8 Å². The second kappa shape index (κ2) is 6.86. The number of hydrogen-bond donors (Lipinski definition) is 1. The number of nitriles is 1. The van der Waals surface area contributed by atoms with Crippen LogP contribution in [0.4, 0.5) is 0 Å². The van der Waals surface area contributed by atoms with Gasteiger partial charge in [-0.2, -0.15) is 10.4 Å². The average Bonchev–Trinajstić information content (AvgIpc) is 3.46. The number of aromatic nitrogens is 3. The topological polar surface area (TPSA) is 89.8 Å². The van der Waals surface area contributed by atoms with Crippen LogP contribution in [0.15, 0.2) is 42.6 Å². The number of nitrogens with zero attached hydrogens (tertiary/aromatic N) is 4. The molecule has 1 fully saturated rings. The molecule has 0 amide bonds. The van der Waals surface area contributed by atoms with Crippen LogP contribution in [0.1, 0.15) is 48.5 Å². The number of nitrogens with two attached hydrogens (primary N) is 1. The average molecular weight is 359 g/mol. The molecule has 4 rings (SSSR count). The molecular formula is C21H21N5O. The highest BCUT2D eigenvalue weighted by Gasteiger charge is 2.27. The summed E-state index contributed by atoms with van der Waals surface area (Å²) in [7, 11) is 1.87. The number of benzene rings is 1. The Labute approximate surface area is 158 Å². The Balaban J connectivity index is 1.71. The van der Waals surface area contributed by atoms with E-state index in [4.69, 9.17) is 10.5 Å². The third kappa shape index (κ3) is 3.55. The van der Waals surface area contributed by atoms with E-state index in [9.17, 15) is 5.26 Å². The molecule has 1 aliphatic rings. The predicted octanol–water partition coefficient (Wildman–Crippen LogP) is 4.04. The summed E-state index contributed by atoms with van der Waals surface area (Å²) in [6.45, 7) is 1.92. The maximum Gasteiger partial charge on any atom is 0.217 e. The van der Waals surface area contributed by atoms with Gasteiger partial charge < -0.3 is 10.5 Å². The molecule has 6 nitrogen and oxygen atoms in total. The summed E-state index contributed by atoms with van der Waals surface area (Å²) < 4.78 is 7.90. The van der Waals surface area contributed by atoms with Crippen molar-refractivity contribution in [3.8, 4) is 29.0 Å². The second-order valence-electron chi connectivity index (χ2n) is 7.00. The van der Waals surface area contributed by atoms with E-state index < -0.39 is 0 Å². The summed E-state index contributed by atoms with van der Waals surface area (Å²) in [5.74, 6) is 1.78. The lowest BCUT2D eigenvalue weighted by atomic mass is 10.1. The van der Waals surface area contributed by atoms with Gasteiger partial charge in [-0.3, -0.25) is 4.98 Å². The number of aryl methyl sites for hydroxylation is 1. The highest BCUT2D eigenvalue weighted by atomic mass is 16.5. The molecule has 27 heavy (non-hydrogen) atoms. The lowest BCUT2D eigenvalue weighted by Gasteiger charge is -2.12. The molecule has 1 aromatic carbocycles. The van der Waals surface area contributed by atoms with Crippen LogP contribution >= 0.6 is 0 Å². The largest absolute Gasteiger partial charge is 0.439 e. The van der Waals surface area contributed by atoms with Crippen molar-refractivity contribution in [1.82, 2.24) is 14.8 Å². The minimum absolute atomic E-state index is 0.0708. The van der Waals surface area contributed by atoms with Crippen LogP contribution < -0.4 is 10.5 Å². The van der Waals surface area contributed by atoms with Crippen molar-refractivity contribution in [1.29, 1.82) is 5.26 Å². The van der Waals surface area contributed by atoms with Crippen LogP contribution in [0.2, 0.25) is 0 Å². The Hall–Kier alpha value is -3.17. The van der Waals surface area contributed by atoms with E-state index in [2.05, 4.69) is 16.2 Å². The van der Waals surface area contributed by atoms with Gasteiger partial charge in [0.1, 0.15) is 5.75 Å². The monoisotopic (exact) mass is 359 g/mol. The molecule has 0 spiro atoms. The van der Waals surface area contributed by atoms with Gasteiger partial charge in [-0.25, -0.2) is 4.68 Å². The first-order valence-corrected chi connectivity index (χ1v) is 9.03. The molecule has 1 aliphatic carbocycles. The molecule has 0 saturated heterocycles. The molecule has 3 aromatic rings. The first-order valence-electron chi connectivity index (χ1n) is 9.03. The molecule has 1 atom stereocenters. The first kappa shape index (κ1) is 17.3. The van der Waals surface area contributed by atoms with Gasteiger partial charge in [0.2, 0.25) is 5.88 Å². The fourth-order valence-electron chi connectivity index (χ4n) is 2.98. The van der Waals surface area contributed by atoms with Crippen LogP contribution in [0, 0.1) is 11.3 Å². The van der Waals surface area contributed by atoms with E-state index in [1.54, 1.807) is 23.0 Å². The van der Waals surface area contributed by atoms with Crippen molar-refractivity contribution >= 4 is 0 Å². The second-order valence-corrected chi connectivity index (χ2v) is 7.00. The van der Waals surface area contributed by atoms with Crippen molar-refractivity contribution in [3.63, 3.8) is 0 Å². The zero-order valence-electron chi connectivity index (χ0n) is 15.4. The number of ether oxygens (including phenoxy) is 1. The summed E-state index contributed by atoms with van der Waals surface area (Å²) in [4.78, 5) is 4.53. The van der Waals surface area contributed by atoms with Crippen molar-refractivity contribution in [3.05, 3.63) is 59.4 Å². The van der Waals surface area contributed by atoms with E-state index in [1.807, 2.05) is 38.2 Å². The van der Waals surface area contributed by atoms with Crippen molar-refractivity contribution in [2.45, 2.75) is 31.7 Å². The predicted molar refractivity (Wildman–Crippen MR) is 102 cm³/mol. The van der Waals surface area contributed by atoms with Crippen LogP contribution in [-0.4, -0.2) is 14.8 Å². The Morgan fingerprint density at radius 2 is 2.07 bits per heavy atom. The molecule has 0 bridgehead atoms. The Bertz CT molecular complexity index is 1010. The fourth-order valence-corrected chi connectivity index (χ4v) is 2.98. The van der Waals surface area contributed by atoms with E-state index in [0.29, 0.717) is 23.1 Å². The summed E-state index contributed by atoms with van der Waals surface area (Å²) in [6, 6.07) is 13.3. The minimum Gasteiger partial charge on any atom is -0.439 e. The van der Waals surface area contributed by atoms with Gasteiger partial charge in [0, 0.05) is 36.8 Å². The molecule has 2 heterocycles. The molecule has 2 aromatic heterocycles. The van der Waals surface area contributed by atoms with Crippen LogP contribution in [0.5, 0.6) is 11.6 Å². The zero-order chi connectivity index (χ0) is 19.0. The normalized spacial score (nSPS) is 14.6. The van der Waals surface area contributed by atoms with Gasteiger partial charge in [0.15, 0.2) is 0 Å². The SMILES string of the molecule is CC(N)c1ccc(-c2ccc(C#N)cc2Oc2cc(C3CC3)nn2C)nc1. The minimum atomic E-state index is -0.0708. The molecule has 1 unspecified atom stereocenters. The van der Waals surface area contributed by atoms with E-state index in [0.717, 1.165) is 22.5 Å². The molecule has 136 valence electrons. The fraction of sp³-hybridized carbons (Fsp3) is 0.286. The highest BCUT2D eigenvalue weighted by Crippen LogP contribution is 2.41. The van der Waals surface area contributed by atoms with E-state index in [-0.39, 0.29) is 6.04 Å². The lowest BCUT2D eigenvalue weighted by molar-refractivity contribution is 0.431. The maximum absolute atomic E-state index is 9.27. The molecular weight excluding hydrogens is 338 g/mol. The molecule has 6 heteroatoms. The first-order chi connectivity index (χ1) is 13.0. The standard InChI is InChI=1S/C21H21N5O/c1-13(23)16-6-8-18(24-12-16)17-7-3-14(11-22)9-20(17)27-21-10-19(15-4-5-15)25-26(21)2/h3,6-10,12-13,15H,4-5,23H2,1-2H3. The van der Waals surface area contributed by atoms with Crippen molar-refractivity contribution < 1.29 is 4.74 Å². The number of rotatable bonds is 5. The van der Waals surface area contributed by atoms with Crippen LogP contribution in [0.3, 0.4) is 0 Å². The number of hydrogen-bond acceptors (Lipinski definition) is 5. The van der Waals surface area contributed by atoms with E-state index in [1.165, 1.54) is 12.8 Å². The molecule has 1 saturated carbocycles. The van der Waals surface area contributed by atoms with E-state index >= 15 is 0 Å². The van der Waals surface area contributed by atoms with Crippen molar-refractivity contribution in [2.75, 3.05) is 0 Å². The third-order valence-corrected chi connectivity index (χ3v) is 4.76. The Morgan fingerprint density at radius 3 is 2.70 bits per heavy atom. The van der Waals surface area contributed by atoms with Gasteiger partial charge in [0.25, 0.3) is 0 Å². The Morgan fingerprint density at radius 1 is 1.26 bits per heavy atom. The van der Waals surface area contributed by atoms with Gasteiger partial charge in [-0.1, -0.05) is 6.07 Å². The number of pyridine rings is 1. The van der Waals surface area contributed by atoms with Crippen LogP contribution in [-0.2, 0) is 7.05 Å². The highest BCUT2D eigenvalue weighted by molar-refractivity contribution is 5.69. The molecule has 2 N–H and O–H groups in total. The lowest BCUT2D eigenvalue weighted by Crippen LogP contribution is -2.05. The summed E-state index contributed by atoms with van der Waals surface area (Å²) in [6.07, 6.45) is 4.14. The quantitative estimate of drug-likeness (QED) is 0.742. The smallest absolute Gasteiger partial charge is 0.217 e. The Kier molecular flexibility index (Phi) is 4.38. The zero-order valence-corrected chi connectivity index (χ0v) is 15.4. The summed E-state index contributed by atoms with van der Waals surface area (Å²) in [5, 5.41) is 13.8. The van der Waals surface area contributed by atoms with Crippen LogP contribution in [0.25, 0.3) is 11.3 Å². The molecule has 0 radical (unpaired) electrons. The maximum atomic E-state index is 9.27. The third-order valence-electron chi connectivity index (χ3n) is 4.76. The summed E-state index contributed by atoms with van der Waals surface area (Å²) in [5.41, 5.74) is 10.1. The van der Waals surface area contributed by atoms with Gasteiger partial charge in [-0.05, 0) is 49.6 Å². The van der Waals surface area contributed by atoms with Gasteiger partial charge in [-0.15, -0.1) is 0 Å². The van der Waals surface area contributed by atoms with Gasteiger partial charge in [0.05, 0.1) is 23.0 Å². The molecule has 0 aliphatic heterocycles. The summed E-state index contributed by atoms with van der Waals surface area (Å²) >= 11 is 0.